The summed E-state index contributed by atoms with van der Waals surface area (Å²) in [6.07, 6.45) is 3.49. The van der Waals surface area contributed by atoms with Crippen LogP contribution in [0.15, 0.2) is 54.7 Å². The lowest BCUT2D eigenvalue weighted by molar-refractivity contribution is 0.0900. The van der Waals surface area contributed by atoms with Crippen LogP contribution in [0.1, 0.15) is 23.2 Å². The van der Waals surface area contributed by atoms with E-state index >= 15 is 0 Å². The molecule has 5 heteroatoms. The Kier molecular flexibility index (Phi) is 4.52. The van der Waals surface area contributed by atoms with Crippen LogP contribution in [-0.2, 0) is 0 Å². The van der Waals surface area contributed by atoms with E-state index in [-0.39, 0.29) is 11.7 Å². The summed E-state index contributed by atoms with van der Waals surface area (Å²) in [7, 11) is 1.63. The molecule has 5 nitrogen and oxygen atoms in total. The summed E-state index contributed by atoms with van der Waals surface area (Å²) < 4.78 is 5.16. The summed E-state index contributed by atoms with van der Waals surface area (Å²) in [5, 5.41) is 0. The van der Waals surface area contributed by atoms with Gasteiger partial charge < -0.3 is 9.64 Å². The minimum absolute atomic E-state index is 0.0630. The smallest absolute Gasteiger partial charge is 0.166 e. The Labute approximate surface area is 152 Å². The van der Waals surface area contributed by atoms with Gasteiger partial charge in [0, 0.05) is 24.6 Å². The molecule has 132 valence electrons. The van der Waals surface area contributed by atoms with Crippen LogP contribution < -0.4 is 9.64 Å². The molecule has 1 saturated heterocycles. The first kappa shape index (κ1) is 16.5. The van der Waals surface area contributed by atoms with E-state index in [2.05, 4.69) is 9.88 Å². The lowest BCUT2D eigenvalue weighted by Gasteiger charge is -2.32. The monoisotopic (exact) mass is 347 g/mol. The van der Waals surface area contributed by atoms with Crippen molar-refractivity contribution in [2.75, 3.05) is 25.1 Å². The maximum Gasteiger partial charge on any atom is 0.166 e. The minimum atomic E-state index is 0.0630. The number of benzene rings is 2. The van der Waals surface area contributed by atoms with Gasteiger partial charge in [0.25, 0.3) is 0 Å². The van der Waals surface area contributed by atoms with Crippen LogP contribution in [0.2, 0.25) is 0 Å². The number of hydrogen-bond acceptors (Lipinski definition) is 5. The third-order valence-electron chi connectivity index (χ3n) is 5.00. The number of ketones is 1. The summed E-state index contributed by atoms with van der Waals surface area (Å²) >= 11 is 0. The molecule has 0 bridgehead atoms. The largest absolute Gasteiger partial charge is 0.497 e. The third kappa shape index (κ3) is 3.25. The molecule has 0 N–H and O–H groups in total. The van der Waals surface area contributed by atoms with Crippen molar-refractivity contribution in [3.05, 3.63) is 60.3 Å². The van der Waals surface area contributed by atoms with Crippen molar-refractivity contribution >= 4 is 22.6 Å². The quantitative estimate of drug-likeness (QED) is 0.673. The second kappa shape index (κ2) is 7.12. The summed E-state index contributed by atoms with van der Waals surface area (Å²) in [6, 6.07) is 15.3. The van der Waals surface area contributed by atoms with Crippen LogP contribution in [0.5, 0.6) is 5.75 Å². The van der Waals surface area contributed by atoms with Crippen molar-refractivity contribution in [2.24, 2.45) is 5.92 Å². The molecule has 1 aromatic heterocycles. The number of methoxy groups -OCH3 is 1. The van der Waals surface area contributed by atoms with Crippen molar-refractivity contribution in [1.29, 1.82) is 0 Å². The number of ether oxygens (including phenoxy) is 1. The molecule has 0 atom stereocenters. The van der Waals surface area contributed by atoms with Gasteiger partial charge in [0.15, 0.2) is 5.78 Å². The Balaban J connectivity index is 1.43. The van der Waals surface area contributed by atoms with E-state index in [4.69, 9.17) is 9.72 Å². The molecule has 2 heterocycles. The first-order valence-electron chi connectivity index (χ1n) is 8.89. The highest BCUT2D eigenvalue weighted by Gasteiger charge is 2.26. The Morgan fingerprint density at radius 2 is 1.73 bits per heavy atom. The standard InChI is InChI=1S/C21H21N3O2/c1-26-17-8-6-15(7-9-17)21(25)16-10-12-24(13-11-16)20-14-22-18-4-2-3-5-19(18)23-20/h2-9,14,16H,10-13H2,1H3. The third-order valence-corrected chi connectivity index (χ3v) is 5.00. The van der Waals surface area contributed by atoms with Gasteiger partial charge in [-0.15, -0.1) is 0 Å². The SMILES string of the molecule is COc1ccc(C(=O)C2CCN(c3cnc4ccccc4n3)CC2)cc1. The maximum absolute atomic E-state index is 12.7. The summed E-state index contributed by atoms with van der Waals surface area (Å²) in [4.78, 5) is 24.2. The lowest BCUT2D eigenvalue weighted by Crippen LogP contribution is -2.36. The number of para-hydroxylation sites is 2. The molecule has 0 radical (unpaired) electrons. The van der Waals surface area contributed by atoms with Gasteiger partial charge in [-0.3, -0.25) is 9.78 Å². The fourth-order valence-corrected chi connectivity index (χ4v) is 3.46. The number of Topliss-reactive ketones (excluding diaryl/α,β-unsaturated/α-hetero) is 1. The zero-order chi connectivity index (χ0) is 17.9. The number of hydrogen-bond donors (Lipinski definition) is 0. The van der Waals surface area contributed by atoms with Crippen LogP contribution in [0.4, 0.5) is 5.82 Å². The van der Waals surface area contributed by atoms with E-state index in [0.717, 1.165) is 54.1 Å². The Bertz CT molecular complexity index is 916. The molecule has 3 aromatic rings. The van der Waals surface area contributed by atoms with Crippen molar-refractivity contribution in [3.8, 4) is 5.75 Å². The van der Waals surface area contributed by atoms with Crippen LogP contribution in [0.25, 0.3) is 11.0 Å². The van der Waals surface area contributed by atoms with Crippen LogP contribution >= 0.6 is 0 Å². The predicted octanol–water partition coefficient (Wildman–Crippen LogP) is 3.74. The average Bonchev–Trinajstić information content (AvgIpc) is 2.73. The first-order chi connectivity index (χ1) is 12.7. The molecule has 4 rings (SSSR count). The van der Waals surface area contributed by atoms with Crippen molar-refractivity contribution in [1.82, 2.24) is 9.97 Å². The fraction of sp³-hybridized carbons (Fsp3) is 0.286. The zero-order valence-corrected chi connectivity index (χ0v) is 14.8. The summed E-state index contributed by atoms with van der Waals surface area (Å²) in [6.45, 7) is 1.64. The van der Waals surface area contributed by atoms with Gasteiger partial charge in [-0.1, -0.05) is 12.1 Å². The molecule has 1 fully saturated rings. The van der Waals surface area contributed by atoms with Gasteiger partial charge in [0.05, 0.1) is 24.3 Å². The molecule has 0 amide bonds. The Hall–Kier alpha value is -2.95. The number of carbonyl (C=O) groups is 1. The number of nitrogens with zero attached hydrogens (tertiary/aromatic N) is 3. The molecule has 2 aromatic carbocycles. The van der Waals surface area contributed by atoms with Gasteiger partial charge in [0.2, 0.25) is 0 Å². The molecule has 26 heavy (non-hydrogen) atoms. The molecule has 0 spiro atoms. The highest BCUT2D eigenvalue weighted by molar-refractivity contribution is 5.98. The Morgan fingerprint density at radius 3 is 2.42 bits per heavy atom. The van der Waals surface area contributed by atoms with Crippen LogP contribution in [0.3, 0.4) is 0 Å². The Morgan fingerprint density at radius 1 is 1.04 bits per heavy atom. The molecule has 0 aliphatic carbocycles. The minimum Gasteiger partial charge on any atom is -0.497 e. The molecule has 1 aliphatic heterocycles. The second-order valence-corrected chi connectivity index (χ2v) is 6.57. The van der Waals surface area contributed by atoms with E-state index in [1.807, 2.05) is 54.7 Å². The molecular weight excluding hydrogens is 326 g/mol. The second-order valence-electron chi connectivity index (χ2n) is 6.57. The molecule has 0 unspecified atom stereocenters. The van der Waals surface area contributed by atoms with E-state index in [1.54, 1.807) is 7.11 Å². The van der Waals surface area contributed by atoms with Gasteiger partial charge >= 0.3 is 0 Å². The highest BCUT2D eigenvalue weighted by Crippen LogP contribution is 2.26. The van der Waals surface area contributed by atoms with Gasteiger partial charge in [-0.2, -0.15) is 0 Å². The number of rotatable bonds is 4. The number of anilines is 1. The highest BCUT2D eigenvalue weighted by atomic mass is 16.5. The molecule has 1 aliphatic rings. The van der Waals surface area contributed by atoms with Crippen molar-refractivity contribution in [2.45, 2.75) is 12.8 Å². The predicted molar refractivity (Wildman–Crippen MR) is 102 cm³/mol. The van der Waals surface area contributed by atoms with E-state index in [1.165, 1.54) is 0 Å². The number of aromatic nitrogens is 2. The van der Waals surface area contributed by atoms with Crippen molar-refractivity contribution in [3.63, 3.8) is 0 Å². The van der Waals surface area contributed by atoms with E-state index < -0.39 is 0 Å². The lowest BCUT2D eigenvalue weighted by atomic mass is 9.89. The topological polar surface area (TPSA) is 55.3 Å². The first-order valence-corrected chi connectivity index (χ1v) is 8.89. The number of piperidine rings is 1. The van der Waals surface area contributed by atoms with Gasteiger partial charge in [-0.05, 0) is 49.2 Å². The number of fused-ring (bicyclic) bond motifs is 1. The molecular formula is C21H21N3O2. The van der Waals surface area contributed by atoms with Gasteiger partial charge in [0.1, 0.15) is 11.6 Å². The summed E-state index contributed by atoms with van der Waals surface area (Å²) in [5.74, 6) is 1.94. The zero-order valence-electron chi connectivity index (χ0n) is 14.8. The fourth-order valence-electron chi connectivity index (χ4n) is 3.46. The van der Waals surface area contributed by atoms with Crippen LogP contribution in [0, 0.1) is 5.92 Å². The summed E-state index contributed by atoms with van der Waals surface area (Å²) in [5.41, 5.74) is 2.57. The maximum atomic E-state index is 12.7. The number of carbonyl (C=O) groups excluding carboxylic acids is 1. The van der Waals surface area contributed by atoms with E-state index in [9.17, 15) is 4.79 Å². The van der Waals surface area contributed by atoms with Crippen molar-refractivity contribution < 1.29 is 9.53 Å². The van der Waals surface area contributed by atoms with Crippen LogP contribution in [-0.4, -0.2) is 36.0 Å². The molecule has 0 saturated carbocycles. The normalized spacial score (nSPS) is 15.2. The average molecular weight is 347 g/mol. The van der Waals surface area contributed by atoms with Gasteiger partial charge in [-0.25, -0.2) is 4.98 Å². The van der Waals surface area contributed by atoms with E-state index in [0.29, 0.717) is 0 Å².